The van der Waals surface area contributed by atoms with E-state index < -0.39 is 5.97 Å². The van der Waals surface area contributed by atoms with Crippen molar-refractivity contribution in [2.75, 3.05) is 6.61 Å². The standard InChI is InChI=1S/C17H22O4/c1-2-14(18)20-4-3-15(19)21-17-7-11-5-16(6-11)8-12(9-17)13(16)10-17/h2,11-13H,1,3-10H2. The van der Waals surface area contributed by atoms with Gasteiger partial charge in [-0.2, -0.15) is 0 Å². The van der Waals surface area contributed by atoms with Crippen LogP contribution in [-0.2, 0) is 19.1 Å². The minimum absolute atomic E-state index is 0.0833. The highest BCUT2D eigenvalue weighted by molar-refractivity contribution is 5.81. The largest absolute Gasteiger partial charge is 0.462 e. The minimum atomic E-state index is -0.489. The number of rotatable bonds is 5. The van der Waals surface area contributed by atoms with Crippen LogP contribution in [0.15, 0.2) is 12.7 Å². The van der Waals surface area contributed by atoms with Crippen LogP contribution in [0.1, 0.15) is 44.9 Å². The molecule has 4 bridgehead atoms. The zero-order chi connectivity index (χ0) is 14.7. The molecule has 3 atom stereocenters. The van der Waals surface area contributed by atoms with E-state index in [9.17, 15) is 9.59 Å². The number of carbonyl (C=O) groups is 2. The molecule has 0 amide bonds. The van der Waals surface area contributed by atoms with Crippen molar-refractivity contribution in [3.05, 3.63) is 12.7 Å². The van der Waals surface area contributed by atoms with Crippen molar-refractivity contribution in [2.45, 2.75) is 50.5 Å². The molecule has 0 radical (unpaired) electrons. The van der Waals surface area contributed by atoms with Crippen molar-refractivity contribution in [1.82, 2.24) is 0 Å². The molecular formula is C17H22O4. The van der Waals surface area contributed by atoms with E-state index in [4.69, 9.17) is 9.47 Å². The summed E-state index contributed by atoms with van der Waals surface area (Å²) >= 11 is 0. The van der Waals surface area contributed by atoms with E-state index in [1.165, 1.54) is 19.3 Å². The lowest BCUT2D eigenvalue weighted by Crippen LogP contribution is -2.54. The van der Waals surface area contributed by atoms with Crippen LogP contribution in [0.4, 0.5) is 0 Å². The van der Waals surface area contributed by atoms with Gasteiger partial charge in [-0.15, -0.1) is 0 Å². The first-order chi connectivity index (χ1) is 10.0. The number of hydrogen-bond donors (Lipinski definition) is 0. The first-order valence-corrected chi connectivity index (χ1v) is 8.05. The van der Waals surface area contributed by atoms with Gasteiger partial charge >= 0.3 is 11.9 Å². The van der Waals surface area contributed by atoms with Crippen molar-refractivity contribution >= 4 is 11.9 Å². The van der Waals surface area contributed by atoms with E-state index in [0.717, 1.165) is 43.1 Å². The molecule has 1 spiro atoms. The number of hydrogen-bond acceptors (Lipinski definition) is 4. The van der Waals surface area contributed by atoms with Crippen LogP contribution >= 0.6 is 0 Å². The normalized spacial score (nSPS) is 44.9. The van der Waals surface area contributed by atoms with E-state index in [1.54, 1.807) is 0 Å². The molecule has 0 aromatic rings. The highest BCUT2D eigenvalue weighted by atomic mass is 16.6. The summed E-state index contributed by atoms with van der Waals surface area (Å²) in [6.07, 6.45) is 8.54. The smallest absolute Gasteiger partial charge is 0.330 e. The van der Waals surface area contributed by atoms with Gasteiger partial charge in [0.15, 0.2) is 0 Å². The van der Waals surface area contributed by atoms with Gasteiger partial charge in [-0.1, -0.05) is 6.58 Å². The van der Waals surface area contributed by atoms with Crippen LogP contribution in [0, 0.1) is 23.2 Å². The molecule has 5 fully saturated rings. The summed E-state index contributed by atoms with van der Waals surface area (Å²) < 4.78 is 10.8. The second kappa shape index (κ2) is 4.34. The Morgan fingerprint density at radius 3 is 2.71 bits per heavy atom. The Bertz CT molecular complexity index is 499. The maximum Gasteiger partial charge on any atom is 0.330 e. The quantitative estimate of drug-likeness (QED) is 0.577. The van der Waals surface area contributed by atoms with Crippen molar-refractivity contribution < 1.29 is 19.1 Å². The van der Waals surface area contributed by atoms with Crippen LogP contribution in [0.25, 0.3) is 0 Å². The Morgan fingerprint density at radius 1 is 1.14 bits per heavy atom. The summed E-state index contributed by atoms with van der Waals surface area (Å²) in [5, 5.41) is 0. The molecule has 21 heavy (non-hydrogen) atoms. The molecule has 3 unspecified atom stereocenters. The third-order valence-corrected chi connectivity index (χ3v) is 6.35. The van der Waals surface area contributed by atoms with E-state index in [-0.39, 0.29) is 24.6 Å². The van der Waals surface area contributed by atoms with Gasteiger partial charge in [-0.3, -0.25) is 4.79 Å². The lowest BCUT2D eigenvalue weighted by atomic mass is 9.43. The molecule has 0 aromatic carbocycles. The molecular weight excluding hydrogens is 268 g/mol. The number of esters is 2. The molecule has 4 nitrogen and oxygen atoms in total. The fraction of sp³-hybridized carbons (Fsp3) is 0.765. The third-order valence-electron chi connectivity index (χ3n) is 6.35. The van der Waals surface area contributed by atoms with Gasteiger partial charge in [0.1, 0.15) is 12.2 Å². The minimum Gasteiger partial charge on any atom is -0.462 e. The molecule has 0 saturated heterocycles. The lowest BCUT2D eigenvalue weighted by Gasteiger charge is -2.62. The van der Waals surface area contributed by atoms with E-state index in [0.29, 0.717) is 5.41 Å². The number of ether oxygens (including phenoxy) is 2. The molecule has 5 rings (SSSR count). The Balaban J connectivity index is 1.35. The highest BCUT2D eigenvalue weighted by Gasteiger charge is 2.70. The summed E-state index contributed by atoms with van der Waals surface area (Å²) in [6.45, 7) is 3.41. The maximum atomic E-state index is 12.1. The van der Waals surface area contributed by atoms with Gasteiger partial charge in [0.05, 0.1) is 6.42 Å². The van der Waals surface area contributed by atoms with E-state index in [1.807, 2.05) is 0 Å². The van der Waals surface area contributed by atoms with Crippen LogP contribution in [0.5, 0.6) is 0 Å². The predicted octanol–water partition coefficient (Wildman–Crippen LogP) is 2.62. The van der Waals surface area contributed by atoms with Gasteiger partial charge in [0.2, 0.25) is 0 Å². The van der Waals surface area contributed by atoms with Crippen LogP contribution in [0.3, 0.4) is 0 Å². The second-order valence-electron chi connectivity index (χ2n) is 7.60. The van der Waals surface area contributed by atoms with Crippen LogP contribution in [-0.4, -0.2) is 24.1 Å². The average Bonchev–Trinajstić information content (AvgIpc) is 2.53. The van der Waals surface area contributed by atoms with Crippen molar-refractivity contribution in [1.29, 1.82) is 0 Å². The van der Waals surface area contributed by atoms with Crippen molar-refractivity contribution in [3.63, 3.8) is 0 Å². The Hall–Kier alpha value is -1.32. The Labute approximate surface area is 124 Å². The second-order valence-corrected chi connectivity index (χ2v) is 7.60. The maximum absolute atomic E-state index is 12.1. The molecule has 5 aliphatic rings. The van der Waals surface area contributed by atoms with Crippen molar-refractivity contribution in [2.24, 2.45) is 23.2 Å². The first kappa shape index (κ1) is 13.4. The molecule has 0 N–H and O–H groups in total. The average molecular weight is 290 g/mol. The SMILES string of the molecule is C=CC(=O)OCCC(=O)OC12CC3CC4(C3)CC(C1)C4C2. The summed E-state index contributed by atoms with van der Waals surface area (Å²) in [4.78, 5) is 23.0. The summed E-state index contributed by atoms with van der Waals surface area (Å²) in [7, 11) is 0. The van der Waals surface area contributed by atoms with Gasteiger partial charge in [0.25, 0.3) is 0 Å². The predicted molar refractivity (Wildman–Crippen MR) is 75.2 cm³/mol. The lowest BCUT2D eigenvalue weighted by molar-refractivity contribution is -0.168. The first-order valence-electron chi connectivity index (χ1n) is 8.05. The molecule has 0 aromatic heterocycles. The zero-order valence-electron chi connectivity index (χ0n) is 12.3. The molecule has 114 valence electrons. The topological polar surface area (TPSA) is 52.6 Å². The summed E-state index contributed by atoms with van der Waals surface area (Å²) in [5.74, 6) is 1.65. The number of carbonyl (C=O) groups excluding carboxylic acids is 2. The van der Waals surface area contributed by atoms with Crippen LogP contribution in [0.2, 0.25) is 0 Å². The monoisotopic (exact) mass is 290 g/mol. The van der Waals surface area contributed by atoms with E-state index >= 15 is 0 Å². The van der Waals surface area contributed by atoms with Gasteiger partial charge in [-0.05, 0) is 61.7 Å². The van der Waals surface area contributed by atoms with Gasteiger partial charge in [-0.25, -0.2) is 4.79 Å². The molecule has 0 heterocycles. The summed E-state index contributed by atoms with van der Waals surface area (Å²) in [6, 6.07) is 0. The molecule has 5 aliphatic carbocycles. The fourth-order valence-electron chi connectivity index (χ4n) is 5.82. The molecule has 5 saturated carbocycles. The molecule has 4 heteroatoms. The zero-order valence-corrected chi connectivity index (χ0v) is 12.3. The summed E-state index contributed by atoms with van der Waals surface area (Å²) in [5.41, 5.74) is 0.438. The highest BCUT2D eigenvalue weighted by Crippen LogP contribution is 2.76. The van der Waals surface area contributed by atoms with Crippen LogP contribution < -0.4 is 0 Å². The fourth-order valence-corrected chi connectivity index (χ4v) is 5.82. The Kier molecular flexibility index (Phi) is 2.76. The molecule has 0 aliphatic heterocycles. The van der Waals surface area contributed by atoms with Gasteiger partial charge < -0.3 is 9.47 Å². The van der Waals surface area contributed by atoms with E-state index in [2.05, 4.69) is 6.58 Å². The van der Waals surface area contributed by atoms with Crippen molar-refractivity contribution in [3.8, 4) is 0 Å². The Morgan fingerprint density at radius 2 is 1.95 bits per heavy atom. The van der Waals surface area contributed by atoms with Gasteiger partial charge in [0, 0.05) is 6.08 Å². The third kappa shape index (κ3) is 1.95.